The van der Waals surface area contributed by atoms with E-state index in [9.17, 15) is 4.91 Å². The summed E-state index contributed by atoms with van der Waals surface area (Å²) in [6.07, 6.45) is 0. The lowest BCUT2D eigenvalue weighted by molar-refractivity contribution is 0.122. The van der Waals surface area contributed by atoms with Crippen molar-refractivity contribution in [2.45, 2.75) is 0 Å². The van der Waals surface area contributed by atoms with E-state index in [0.29, 0.717) is 5.69 Å². The Hall–Kier alpha value is -2.15. The Morgan fingerprint density at radius 2 is 1.94 bits per heavy atom. The summed E-state index contributed by atoms with van der Waals surface area (Å²) < 4.78 is 5.30. The van der Waals surface area contributed by atoms with Crippen LogP contribution in [-0.4, -0.2) is 32.3 Å². The van der Waals surface area contributed by atoms with Crippen LogP contribution in [0.4, 0.5) is 11.4 Å². The average Bonchev–Trinajstić information content (AvgIpc) is 2.41. The number of nitrogens with zero attached hydrogens (tertiary/aromatic N) is 3. The van der Waals surface area contributed by atoms with Crippen molar-refractivity contribution >= 4 is 17.3 Å². The highest BCUT2D eigenvalue weighted by Crippen LogP contribution is 2.20. The normalized spacial score (nSPS) is 16.4. The maximum atomic E-state index is 9.93. The summed E-state index contributed by atoms with van der Waals surface area (Å²) in [4.78, 5) is 16.1. The molecule has 1 aliphatic rings. The molecule has 18 heavy (non-hydrogen) atoms. The third kappa shape index (κ3) is 3.17. The van der Waals surface area contributed by atoms with Crippen LogP contribution >= 0.6 is 0 Å². The Balaban J connectivity index is 2.04. The summed E-state index contributed by atoms with van der Waals surface area (Å²) in [6, 6.07) is 7.60. The van der Waals surface area contributed by atoms with E-state index in [1.54, 1.807) is 0 Å². The smallest absolute Gasteiger partial charge is 0.217 e. The molecule has 1 saturated heterocycles. The lowest BCUT2D eigenvalue weighted by Crippen LogP contribution is -2.36. The van der Waals surface area contributed by atoms with Gasteiger partial charge < -0.3 is 15.4 Å². The molecular formula is C11H15N5O2. The van der Waals surface area contributed by atoms with Crippen LogP contribution in [-0.2, 0) is 4.74 Å². The third-order valence-corrected chi connectivity index (χ3v) is 2.64. The summed E-state index contributed by atoms with van der Waals surface area (Å²) in [6.45, 7) is 3.28. The fourth-order valence-electron chi connectivity index (χ4n) is 1.77. The molecule has 0 unspecified atom stereocenters. The molecule has 0 radical (unpaired) electrons. The topological polar surface area (TPSA) is 92.3 Å². The molecule has 0 amide bonds. The molecule has 2 rings (SSSR count). The van der Waals surface area contributed by atoms with Gasteiger partial charge in [0, 0.05) is 18.8 Å². The van der Waals surface area contributed by atoms with Gasteiger partial charge in [0.25, 0.3) is 0 Å². The maximum Gasteiger partial charge on any atom is 0.217 e. The standard InChI is InChI=1S/C11H15N5O2/c12-11(14-15-17)13-9-1-3-10(4-2-9)16-5-7-18-8-6-16/h1-4H,5-8H2,(H3,12,13,14,17). The van der Waals surface area contributed by atoms with Gasteiger partial charge in [0.2, 0.25) is 5.96 Å². The molecule has 0 spiro atoms. The molecule has 0 aliphatic carbocycles. The molecule has 1 aromatic carbocycles. The van der Waals surface area contributed by atoms with Gasteiger partial charge in [-0.15, -0.1) is 4.91 Å². The van der Waals surface area contributed by atoms with Gasteiger partial charge in [0.15, 0.2) is 0 Å². The molecule has 96 valence electrons. The van der Waals surface area contributed by atoms with E-state index < -0.39 is 0 Å². The van der Waals surface area contributed by atoms with Crippen molar-refractivity contribution in [1.29, 1.82) is 0 Å². The number of benzene rings is 1. The number of hydrogen-bond donors (Lipinski definition) is 2. The SMILES string of the molecule is NC(=Nc1ccc(N2CCOCC2)cc1)NN=O. The molecule has 0 saturated carbocycles. The van der Waals surface area contributed by atoms with Gasteiger partial charge in [-0.3, -0.25) is 0 Å². The average molecular weight is 249 g/mol. The molecule has 1 aromatic rings. The quantitative estimate of drug-likeness (QED) is 0.357. The minimum absolute atomic E-state index is 0.0240. The third-order valence-electron chi connectivity index (χ3n) is 2.64. The van der Waals surface area contributed by atoms with Crippen molar-refractivity contribution in [1.82, 2.24) is 5.43 Å². The highest BCUT2D eigenvalue weighted by molar-refractivity contribution is 5.80. The zero-order valence-corrected chi connectivity index (χ0v) is 9.87. The molecule has 0 aromatic heterocycles. The molecule has 1 fully saturated rings. The second-order valence-corrected chi connectivity index (χ2v) is 3.82. The number of nitrogens with one attached hydrogen (secondary N) is 1. The molecule has 0 atom stereocenters. The van der Waals surface area contributed by atoms with Crippen LogP contribution in [0.2, 0.25) is 0 Å². The van der Waals surface area contributed by atoms with Crippen molar-refractivity contribution in [2.75, 3.05) is 31.2 Å². The second kappa shape index (κ2) is 5.97. The molecular weight excluding hydrogens is 234 g/mol. The first kappa shape index (κ1) is 12.3. The Morgan fingerprint density at radius 1 is 1.28 bits per heavy atom. The Labute approximate surface area is 105 Å². The Bertz CT molecular complexity index is 426. The fraction of sp³-hybridized carbons (Fsp3) is 0.364. The lowest BCUT2D eigenvalue weighted by Gasteiger charge is -2.28. The minimum Gasteiger partial charge on any atom is -0.378 e. The molecule has 3 N–H and O–H groups in total. The first-order valence-corrected chi connectivity index (χ1v) is 5.65. The Morgan fingerprint density at radius 3 is 2.56 bits per heavy atom. The van der Waals surface area contributed by atoms with Gasteiger partial charge in [-0.2, -0.15) is 0 Å². The number of aliphatic imine (C=N–C) groups is 1. The monoisotopic (exact) mass is 249 g/mol. The van der Waals surface area contributed by atoms with E-state index >= 15 is 0 Å². The van der Waals surface area contributed by atoms with Crippen molar-refractivity contribution in [2.24, 2.45) is 16.0 Å². The zero-order chi connectivity index (χ0) is 12.8. The summed E-state index contributed by atoms with van der Waals surface area (Å²) in [5.74, 6) is -0.0240. The van der Waals surface area contributed by atoms with Crippen molar-refractivity contribution < 1.29 is 4.74 Å². The fourth-order valence-corrected chi connectivity index (χ4v) is 1.77. The van der Waals surface area contributed by atoms with E-state index in [4.69, 9.17) is 10.5 Å². The first-order chi connectivity index (χ1) is 8.79. The second-order valence-electron chi connectivity index (χ2n) is 3.82. The number of nitroso groups, excluding NO2 is 1. The van der Waals surface area contributed by atoms with E-state index in [1.165, 1.54) is 0 Å². The Kier molecular flexibility index (Phi) is 4.08. The molecule has 1 aliphatic heterocycles. The van der Waals surface area contributed by atoms with Crippen molar-refractivity contribution in [3.63, 3.8) is 0 Å². The zero-order valence-electron chi connectivity index (χ0n) is 9.87. The highest BCUT2D eigenvalue weighted by Gasteiger charge is 2.10. The van der Waals surface area contributed by atoms with Gasteiger partial charge in [-0.25, -0.2) is 10.4 Å². The number of rotatable bonds is 3. The van der Waals surface area contributed by atoms with Gasteiger partial charge in [0.05, 0.1) is 24.2 Å². The number of guanidine groups is 1. The maximum absolute atomic E-state index is 9.93. The molecule has 0 bridgehead atoms. The van der Waals surface area contributed by atoms with Gasteiger partial charge in [-0.05, 0) is 24.3 Å². The number of ether oxygens (including phenoxy) is 1. The van der Waals surface area contributed by atoms with Crippen LogP contribution in [0.5, 0.6) is 0 Å². The summed E-state index contributed by atoms with van der Waals surface area (Å²) in [5.41, 5.74) is 9.25. The molecule has 1 heterocycles. The van der Waals surface area contributed by atoms with Crippen molar-refractivity contribution in [3.05, 3.63) is 29.2 Å². The van der Waals surface area contributed by atoms with Crippen LogP contribution in [0, 0.1) is 4.91 Å². The van der Waals surface area contributed by atoms with Gasteiger partial charge >= 0.3 is 0 Å². The summed E-state index contributed by atoms with van der Waals surface area (Å²) in [5, 5.41) is 2.44. The lowest BCUT2D eigenvalue weighted by atomic mass is 10.2. The predicted octanol–water partition coefficient (Wildman–Crippen LogP) is 0.740. The van der Waals surface area contributed by atoms with Crippen LogP contribution in [0.1, 0.15) is 0 Å². The van der Waals surface area contributed by atoms with Crippen LogP contribution in [0.3, 0.4) is 0 Å². The number of anilines is 1. The van der Waals surface area contributed by atoms with E-state index in [2.05, 4.69) is 15.2 Å². The molecule has 7 heteroatoms. The highest BCUT2D eigenvalue weighted by atomic mass is 16.5. The predicted molar refractivity (Wildman–Crippen MR) is 69.7 cm³/mol. The number of nitrogens with two attached hydrogens (primary N) is 1. The largest absolute Gasteiger partial charge is 0.378 e. The van der Waals surface area contributed by atoms with E-state index in [-0.39, 0.29) is 5.96 Å². The number of hydrogen-bond acceptors (Lipinski definition) is 5. The van der Waals surface area contributed by atoms with Crippen LogP contribution in [0.25, 0.3) is 0 Å². The van der Waals surface area contributed by atoms with Crippen LogP contribution in [0.15, 0.2) is 34.5 Å². The summed E-state index contributed by atoms with van der Waals surface area (Å²) in [7, 11) is 0. The summed E-state index contributed by atoms with van der Waals surface area (Å²) >= 11 is 0. The van der Waals surface area contributed by atoms with Crippen LogP contribution < -0.4 is 16.1 Å². The molecule has 7 nitrogen and oxygen atoms in total. The number of morpholine rings is 1. The van der Waals surface area contributed by atoms with E-state index in [1.807, 2.05) is 29.7 Å². The van der Waals surface area contributed by atoms with Gasteiger partial charge in [-0.1, -0.05) is 0 Å². The first-order valence-electron chi connectivity index (χ1n) is 5.65. The van der Waals surface area contributed by atoms with Crippen molar-refractivity contribution in [3.8, 4) is 0 Å². The minimum atomic E-state index is -0.0240. The van der Waals surface area contributed by atoms with E-state index in [0.717, 1.165) is 32.0 Å². The van der Waals surface area contributed by atoms with Gasteiger partial charge in [0.1, 0.15) is 0 Å².